The van der Waals surface area contributed by atoms with Crippen molar-refractivity contribution in [3.05, 3.63) is 0 Å². The Morgan fingerprint density at radius 2 is 2.05 bits per heavy atom. The Morgan fingerprint density at radius 1 is 1.30 bits per heavy atom. The average molecular weight is 286 g/mol. The molecule has 1 aliphatic rings. The largest absolute Gasteiger partial charge is 0.383 e. The standard InChI is InChI=1S/C16H34N2O2/c1-5-9-17-12-15-7-8-16(20-15)13-18(10-11-19-4)14(3)6-2/h14-17H,5-13H2,1-4H3. The Hall–Kier alpha value is -0.160. The summed E-state index contributed by atoms with van der Waals surface area (Å²) in [6.07, 6.45) is 5.56. The van der Waals surface area contributed by atoms with E-state index in [1.54, 1.807) is 7.11 Å². The highest BCUT2D eigenvalue weighted by Gasteiger charge is 2.27. The van der Waals surface area contributed by atoms with E-state index in [0.717, 1.165) is 32.8 Å². The maximum Gasteiger partial charge on any atom is 0.0707 e. The third-order valence-corrected chi connectivity index (χ3v) is 4.23. The van der Waals surface area contributed by atoms with Gasteiger partial charge >= 0.3 is 0 Å². The van der Waals surface area contributed by atoms with Crippen molar-refractivity contribution in [1.29, 1.82) is 0 Å². The number of ether oxygens (including phenoxy) is 2. The molecule has 0 amide bonds. The molecule has 1 rings (SSSR count). The van der Waals surface area contributed by atoms with Gasteiger partial charge in [0, 0.05) is 32.8 Å². The van der Waals surface area contributed by atoms with Crippen molar-refractivity contribution >= 4 is 0 Å². The van der Waals surface area contributed by atoms with Gasteiger partial charge in [-0.2, -0.15) is 0 Å². The Kier molecular flexibility index (Phi) is 9.44. The predicted octanol–water partition coefficient (Wildman–Crippen LogP) is 2.28. The highest BCUT2D eigenvalue weighted by atomic mass is 16.5. The fourth-order valence-corrected chi connectivity index (χ4v) is 2.72. The van der Waals surface area contributed by atoms with Crippen molar-refractivity contribution in [3.63, 3.8) is 0 Å². The van der Waals surface area contributed by atoms with Gasteiger partial charge in [0.05, 0.1) is 18.8 Å². The molecule has 1 saturated heterocycles. The highest BCUT2D eigenvalue weighted by molar-refractivity contribution is 4.79. The summed E-state index contributed by atoms with van der Waals surface area (Å²) in [6, 6.07) is 0.603. The van der Waals surface area contributed by atoms with E-state index in [1.165, 1.54) is 25.7 Å². The van der Waals surface area contributed by atoms with Crippen LogP contribution in [0, 0.1) is 0 Å². The van der Waals surface area contributed by atoms with Crippen molar-refractivity contribution in [2.45, 2.75) is 64.7 Å². The van der Waals surface area contributed by atoms with Crippen LogP contribution < -0.4 is 5.32 Å². The van der Waals surface area contributed by atoms with Crippen LogP contribution in [-0.2, 0) is 9.47 Å². The smallest absolute Gasteiger partial charge is 0.0707 e. The topological polar surface area (TPSA) is 33.7 Å². The van der Waals surface area contributed by atoms with Crippen LogP contribution in [0.2, 0.25) is 0 Å². The molecule has 3 unspecified atom stereocenters. The molecule has 1 N–H and O–H groups in total. The Bertz CT molecular complexity index is 239. The van der Waals surface area contributed by atoms with E-state index in [2.05, 4.69) is 31.0 Å². The van der Waals surface area contributed by atoms with Gasteiger partial charge in [-0.3, -0.25) is 4.90 Å². The van der Waals surface area contributed by atoms with Crippen molar-refractivity contribution in [1.82, 2.24) is 10.2 Å². The summed E-state index contributed by atoms with van der Waals surface area (Å²) < 4.78 is 11.4. The van der Waals surface area contributed by atoms with Gasteiger partial charge in [0.15, 0.2) is 0 Å². The molecule has 4 nitrogen and oxygen atoms in total. The van der Waals surface area contributed by atoms with Gasteiger partial charge in [0.2, 0.25) is 0 Å². The molecule has 1 heterocycles. The lowest BCUT2D eigenvalue weighted by Crippen LogP contribution is -2.41. The monoisotopic (exact) mass is 286 g/mol. The molecule has 0 saturated carbocycles. The molecule has 1 fully saturated rings. The fraction of sp³-hybridized carbons (Fsp3) is 1.00. The molecule has 3 atom stereocenters. The van der Waals surface area contributed by atoms with Crippen LogP contribution in [-0.4, -0.2) is 63.0 Å². The quantitative estimate of drug-likeness (QED) is 0.591. The summed E-state index contributed by atoms with van der Waals surface area (Å²) in [6.45, 7) is 11.7. The van der Waals surface area contributed by atoms with Crippen LogP contribution in [0.15, 0.2) is 0 Å². The lowest BCUT2D eigenvalue weighted by atomic mass is 10.1. The normalized spacial score (nSPS) is 24.4. The Morgan fingerprint density at radius 3 is 2.70 bits per heavy atom. The van der Waals surface area contributed by atoms with Crippen LogP contribution >= 0.6 is 0 Å². The summed E-state index contributed by atoms with van der Waals surface area (Å²) in [7, 11) is 1.77. The van der Waals surface area contributed by atoms with Gasteiger partial charge < -0.3 is 14.8 Å². The second-order valence-corrected chi connectivity index (χ2v) is 5.91. The number of nitrogens with one attached hydrogen (secondary N) is 1. The van der Waals surface area contributed by atoms with E-state index >= 15 is 0 Å². The minimum atomic E-state index is 0.397. The van der Waals surface area contributed by atoms with E-state index in [9.17, 15) is 0 Å². The molecule has 120 valence electrons. The lowest BCUT2D eigenvalue weighted by molar-refractivity contribution is 0.00968. The van der Waals surface area contributed by atoms with Crippen LogP contribution in [0.5, 0.6) is 0 Å². The average Bonchev–Trinajstić information content (AvgIpc) is 2.90. The maximum absolute atomic E-state index is 6.17. The van der Waals surface area contributed by atoms with E-state index in [1.807, 2.05) is 0 Å². The number of rotatable bonds is 11. The van der Waals surface area contributed by atoms with Crippen molar-refractivity contribution < 1.29 is 9.47 Å². The summed E-state index contributed by atoms with van der Waals surface area (Å²) >= 11 is 0. The zero-order valence-electron chi connectivity index (χ0n) is 13.9. The number of hydrogen-bond donors (Lipinski definition) is 1. The van der Waals surface area contributed by atoms with E-state index in [4.69, 9.17) is 9.47 Å². The zero-order valence-corrected chi connectivity index (χ0v) is 13.9. The molecule has 0 bridgehead atoms. The molecule has 0 radical (unpaired) electrons. The number of methoxy groups -OCH3 is 1. The molecule has 1 aliphatic heterocycles. The maximum atomic E-state index is 6.17. The summed E-state index contributed by atoms with van der Waals surface area (Å²) in [5.41, 5.74) is 0. The minimum absolute atomic E-state index is 0.397. The van der Waals surface area contributed by atoms with Gasteiger partial charge in [-0.15, -0.1) is 0 Å². The van der Waals surface area contributed by atoms with Crippen molar-refractivity contribution in [3.8, 4) is 0 Å². The Balaban J connectivity index is 2.30. The van der Waals surface area contributed by atoms with Crippen molar-refractivity contribution in [2.24, 2.45) is 0 Å². The molecule has 0 aromatic heterocycles. The van der Waals surface area contributed by atoms with E-state index in [-0.39, 0.29) is 0 Å². The molecular weight excluding hydrogens is 252 g/mol. The molecule has 4 heteroatoms. The van der Waals surface area contributed by atoms with Gasteiger partial charge in [0.1, 0.15) is 0 Å². The molecular formula is C16H34N2O2. The third-order valence-electron chi connectivity index (χ3n) is 4.23. The van der Waals surface area contributed by atoms with Crippen molar-refractivity contribution in [2.75, 3.05) is 39.9 Å². The second kappa shape index (κ2) is 10.6. The van der Waals surface area contributed by atoms with Gasteiger partial charge in [-0.25, -0.2) is 0 Å². The van der Waals surface area contributed by atoms with Crippen LogP contribution in [0.4, 0.5) is 0 Å². The molecule has 0 aromatic rings. The first-order chi connectivity index (χ1) is 9.71. The van der Waals surface area contributed by atoms with Crippen LogP contribution in [0.25, 0.3) is 0 Å². The summed E-state index contributed by atoms with van der Waals surface area (Å²) in [5, 5.41) is 3.46. The molecule has 0 aromatic carbocycles. The molecule has 20 heavy (non-hydrogen) atoms. The number of nitrogens with zero attached hydrogens (tertiary/aromatic N) is 1. The molecule has 0 aliphatic carbocycles. The first-order valence-corrected chi connectivity index (χ1v) is 8.30. The number of hydrogen-bond acceptors (Lipinski definition) is 4. The zero-order chi connectivity index (χ0) is 14.8. The third kappa shape index (κ3) is 6.53. The van der Waals surface area contributed by atoms with Gasteiger partial charge in [-0.1, -0.05) is 13.8 Å². The first-order valence-electron chi connectivity index (χ1n) is 8.30. The summed E-state index contributed by atoms with van der Waals surface area (Å²) in [4.78, 5) is 2.51. The predicted molar refractivity (Wildman–Crippen MR) is 84.3 cm³/mol. The highest BCUT2D eigenvalue weighted by Crippen LogP contribution is 2.21. The first kappa shape index (κ1) is 17.9. The van der Waals surface area contributed by atoms with E-state index < -0.39 is 0 Å². The minimum Gasteiger partial charge on any atom is -0.383 e. The second-order valence-electron chi connectivity index (χ2n) is 5.91. The van der Waals surface area contributed by atoms with Crippen LogP contribution in [0.1, 0.15) is 46.5 Å². The van der Waals surface area contributed by atoms with E-state index in [0.29, 0.717) is 18.2 Å². The lowest BCUT2D eigenvalue weighted by Gasteiger charge is -2.30. The Labute approximate surface area is 125 Å². The SMILES string of the molecule is CCCNCC1CCC(CN(CCOC)C(C)CC)O1. The fourth-order valence-electron chi connectivity index (χ4n) is 2.72. The van der Waals surface area contributed by atoms with Gasteiger partial charge in [0.25, 0.3) is 0 Å². The van der Waals surface area contributed by atoms with Gasteiger partial charge in [-0.05, 0) is 39.2 Å². The molecule has 0 spiro atoms. The van der Waals surface area contributed by atoms with Crippen LogP contribution in [0.3, 0.4) is 0 Å². The summed E-state index contributed by atoms with van der Waals surface area (Å²) in [5.74, 6) is 0.